The van der Waals surface area contributed by atoms with Crippen molar-refractivity contribution in [2.45, 2.75) is 51.1 Å². The Morgan fingerprint density at radius 1 is 1.48 bits per heavy atom. The number of ether oxygens (including phenoxy) is 4. The zero-order valence-electron chi connectivity index (χ0n) is 12.1. The summed E-state index contributed by atoms with van der Waals surface area (Å²) < 4.78 is 21.6. The number of hydrogen-bond acceptors (Lipinski definition) is 7. The molecule has 1 N–H and O–H groups in total. The lowest BCUT2D eigenvalue weighted by molar-refractivity contribution is -0.163. The molecule has 1 fully saturated rings. The molecule has 2 aliphatic rings. The highest BCUT2D eigenvalue weighted by atomic mass is 16.8. The maximum atomic E-state index is 11.5. The summed E-state index contributed by atoms with van der Waals surface area (Å²) in [5.41, 5.74) is 0. The number of hydrogen-bond donors (Lipinski definition) is 1. The van der Waals surface area contributed by atoms with Gasteiger partial charge < -0.3 is 24.1 Å². The van der Waals surface area contributed by atoms with E-state index < -0.39 is 29.7 Å². The molecule has 21 heavy (non-hydrogen) atoms. The molecule has 2 rings (SSSR count). The van der Waals surface area contributed by atoms with E-state index >= 15 is 0 Å². The molecular formula is C14H19NO6. The predicted molar refractivity (Wildman–Crippen MR) is 69.9 cm³/mol. The molecule has 0 unspecified atom stereocenters. The first-order chi connectivity index (χ1) is 9.94. The molecule has 0 aromatic carbocycles. The monoisotopic (exact) mass is 297 g/mol. The Balaban J connectivity index is 1.95. The molecule has 7 heteroatoms. The highest BCUT2D eigenvalue weighted by Gasteiger charge is 2.47. The van der Waals surface area contributed by atoms with Gasteiger partial charge in [-0.2, -0.15) is 5.26 Å². The molecule has 0 amide bonds. The summed E-state index contributed by atoms with van der Waals surface area (Å²) in [6, 6.07) is 2.04. The van der Waals surface area contributed by atoms with Crippen molar-refractivity contribution < 1.29 is 28.8 Å². The second kappa shape index (κ2) is 6.33. The van der Waals surface area contributed by atoms with Gasteiger partial charge in [-0.15, -0.1) is 0 Å². The molecule has 1 saturated heterocycles. The molecular weight excluding hydrogens is 278 g/mol. The van der Waals surface area contributed by atoms with E-state index in [1.807, 2.05) is 6.07 Å². The lowest BCUT2D eigenvalue weighted by Crippen LogP contribution is -2.33. The lowest BCUT2D eigenvalue weighted by atomic mass is 10.2. The average molecular weight is 297 g/mol. The number of carbonyl (C=O) groups excluding carboxylic acids is 1. The van der Waals surface area contributed by atoms with E-state index in [1.165, 1.54) is 0 Å². The van der Waals surface area contributed by atoms with Gasteiger partial charge in [0.1, 0.15) is 6.10 Å². The van der Waals surface area contributed by atoms with E-state index in [0.717, 1.165) is 0 Å². The van der Waals surface area contributed by atoms with E-state index in [9.17, 15) is 9.90 Å². The van der Waals surface area contributed by atoms with Gasteiger partial charge in [-0.05, 0) is 26.7 Å². The summed E-state index contributed by atoms with van der Waals surface area (Å²) in [4.78, 5) is 11.5. The summed E-state index contributed by atoms with van der Waals surface area (Å²) in [6.45, 7) is 4.07. The summed E-state index contributed by atoms with van der Waals surface area (Å²) in [5.74, 6) is -2.01. The first kappa shape index (κ1) is 15.6. The number of cyclic esters (lactones) is 1. The molecule has 0 saturated carbocycles. The van der Waals surface area contributed by atoms with Gasteiger partial charge in [0.15, 0.2) is 17.7 Å². The van der Waals surface area contributed by atoms with E-state index in [0.29, 0.717) is 25.9 Å². The maximum Gasteiger partial charge on any atom is 0.378 e. The van der Waals surface area contributed by atoms with E-state index in [4.69, 9.17) is 24.2 Å². The van der Waals surface area contributed by atoms with Crippen LogP contribution in [0.1, 0.15) is 33.1 Å². The van der Waals surface area contributed by atoms with Crippen LogP contribution in [0.2, 0.25) is 0 Å². The van der Waals surface area contributed by atoms with Crippen molar-refractivity contribution >= 4 is 5.97 Å². The van der Waals surface area contributed by atoms with Gasteiger partial charge >= 0.3 is 5.97 Å². The van der Waals surface area contributed by atoms with Crippen molar-refractivity contribution in [1.82, 2.24) is 0 Å². The Kier molecular flexibility index (Phi) is 4.70. The van der Waals surface area contributed by atoms with E-state index in [-0.39, 0.29) is 12.4 Å². The quantitative estimate of drug-likeness (QED) is 0.586. The van der Waals surface area contributed by atoms with Crippen LogP contribution in [0.15, 0.2) is 11.5 Å². The van der Waals surface area contributed by atoms with Crippen LogP contribution in [-0.2, 0) is 23.7 Å². The average Bonchev–Trinajstić information content (AvgIpc) is 2.92. The van der Waals surface area contributed by atoms with Crippen LogP contribution in [0, 0.1) is 11.3 Å². The van der Waals surface area contributed by atoms with Crippen molar-refractivity contribution in [2.75, 3.05) is 13.2 Å². The standard InChI is InChI=1S/C14H19NO6/c1-14(2)19-8-9(21-14)11-12(10(16)13(17)20-11)18-7-5-3-4-6-15/h9,11,16H,3-5,7-8H2,1-2H3/t9-,11+/m0/s1. The predicted octanol–water partition coefficient (Wildman–Crippen LogP) is 1.54. The van der Waals surface area contributed by atoms with Crippen molar-refractivity contribution in [3.8, 4) is 6.07 Å². The van der Waals surface area contributed by atoms with Gasteiger partial charge in [-0.3, -0.25) is 0 Å². The highest BCUT2D eigenvalue weighted by Crippen LogP contribution is 2.33. The number of nitriles is 1. The molecule has 2 aliphatic heterocycles. The molecule has 0 aliphatic carbocycles. The summed E-state index contributed by atoms with van der Waals surface area (Å²) >= 11 is 0. The number of carbonyl (C=O) groups is 1. The molecule has 0 aromatic rings. The Hall–Kier alpha value is -1.78. The fourth-order valence-corrected chi connectivity index (χ4v) is 2.21. The topological polar surface area (TPSA) is 98.0 Å². The first-order valence-electron chi connectivity index (χ1n) is 6.90. The summed E-state index contributed by atoms with van der Waals surface area (Å²) in [5, 5.41) is 18.2. The zero-order chi connectivity index (χ0) is 15.5. The third-order valence-electron chi connectivity index (χ3n) is 3.23. The lowest BCUT2D eigenvalue weighted by Gasteiger charge is -2.21. The Labute approximate surface area is 123 Å². The van der Waals surface area contributed by atoms with Gasteiger partial charge in [-0.1, -0.05) is 0 Å². The third-order valence-corrected chi connectivity index (χ3v) is 3.23. The fraction of sp³-hybridized carbons (Fsp3) is 0.714. The second-order valence-electron chi connectivity index (χ2n) is 5.37. The van der Waals surface area contributed by atoms with Crippen LogP contribution in [0.3, 0.4) is 0 Å². The molecule has 116 valence electrons. The normalized spacial score (nSPS) is 27.6. The number of aliphatic hydroxyl groups excluding tert-OH is 1. The Morgan fingerprint density at radius 3 is 2.86 bits per heavy atom. The van der Waals surface area contributed by atoms with Crippen LogP contribution >= 0.6 is 0 Å². The molecule has 2 atom stereocenters. The van der Waals surface area contributed by atoms with E-state index in [1.54, 1.807) is 13.8 Å². The van der Waals surface area contributed by atoms with Crippen LogP contribution in [0.25, 0.3) is 0 Å². The van der Waals surface area contributed by atoms with Crippen LogP contribution in [0.4, 0.5) is 0 Å². The van der Waals surface area contributed by atoms with Gasteiger partial charge in [0.2, 0.25) is 5.76 Å². The number of unbranched alkanes of at least 4 members (excludes halogenated alkanes) is 2. The van der Waals surface area contributed by atoms with Gasteiger partial charge in [-0.25, -0.2) is 4.79 Å². The molecule has 7 nitrogen and oxygen atoms in total. The minimum atomic E-state index is -0.819. The minimum absolute atomic E-state index is 0.0863. The largest absolute Gasteiger partial charge is 0.499 e. The Morgan fingerprint density at radius 2 is 2.24 bits per heavy atom. The van der Waals surface area contributed by atoms with Gasteiger partial charge in [0.05, 0.1) is 19.3 Å². The molecule has 0 spiro atoms. The van der Waals surface area contributed by atoms with Crippen LogP contribution in [0.5, 0.6) is 0 Å². The first-order valence-corrected chi connectivity index (χ1v) is 6.90. The summed E-state index contributed by atoms with van der Waals surface area (Å²) in [7, 11) is 0. The molecule has 0 bridgehead atoms. The second-order valence-corrected chi connectivity index (χ2v) is 5.37. The number of aliphatic hydroxyl groups is 1. The van der Waals surface area contributed by atoms with Crippen molar-refractivity contribution in [1.29, 1.82) is 5.26 Å². The number of esters is 1. The van der Waals surface area contributed by atoms with Crippen molar-refractivity contribution in [2.24, 2.45) is 0 Å². The number of nitrogens with zero attached hydrogens (tertiary/aromatic N) is 1. The zero-order valence-corrected chi connectivity index (χ0v) is 12.1. The SMILES string of the molecule is CC1(C)OC[C@@H]([C@H]2OC(=O)C(O)=C2OCCCCC#N)O1. The van der Waals surface area contributed by atoms with Crippen molar-refractivity contribution in [3.63, 3.8) is 0 Å². The van der Waals surface area contributed by atoms with Crippen molar-refractivity contribution in [3.05, 3.63) is 11.5 Å². The third kappa shape index (κ3) is 3.65. The molecule has 0 aromatic heterocycles. The van der Waals surface area contributed by atoms with Crippen LogP contribution < -0.4 is 0 Å². The smallest absolute Gasteiger partial charge is 0.378 e. The molecule has 2 heterocycles. The fourth-order valence-electron chi connectivity index (χ4n) is 2.21. The molecule has 0 radical (unpaired) electrons. The van der Waals surface area contributed by atoms with E-state index in [2.05, 4.69) is 0 Å². The van der Waals surface area contributed by atoms with Gasteiger partial charge in [0.25, 0.3) is 0 Å². The Bertz CT molecular complexity index is 478. The number of rotatable bonds is 6. The summed E-state index contributed by atoms with van der Waals surface area (Å²) in [6.07, 6.45) is 0.484. The highest BCUT2D eigenvalue weighted by molar-refractivity contribution is 5.89. The van der Waals surface area contributed by atoms with Crippen LogP contribution in [-0.4, -0.2) is 42.3 Å². The minimum Gasteiger partial charge on any atom is -0.499 e. The maximum absolute atomic E-state index is 11.5. The van der Waals surface area contributed by atoms with Gasteiger partial charge in [0, 0.05) is 6.42 Å².